The SMILES string of the molecule is CCCCC1CCC(C(=O)Oc2ccc3c(c2)OC(N)=C(C#N)C3c2ccccc2OC)CC1. The van der Waals surface area contributed by atoms with E-state index in [0.29, 0.717) is 22.8 Å². The molecule has 0 bridgehead atoms. The fourth-order valence-corrected chi connectivity index (χ4v) is 5.10. The molecule has 2 aromatic carbocycles. The van der Waals surface area contributed by atoms with Gasteiger partial charge in [0.15, 0.2) is 0 Å². The number of fused-ring (bicyclic) bond motifs is 1. The lowest BCUT2D eigenvalue weighted by Crippen LogP contribution is -2.26. The lowest BCUT2D eigenvalue weighted by atomic mass is 9.80. The predicted octanol–water partition coefficient (Wildman–Crippen LogP) is 5.82. The molecule has 1 unspecified atom stereocenters. The number of allylic oxidation sites excluding steroid dienone is 1. The van der Waals surface area contributed by atoms with Gasteiger partial charge in [0, 0.05) is 17.2 Å². The van der Waals surface area contributed by atoms with Crippen LogP contribution in [0.1, 0.15) is 68.9 Å². The second-order valence-corrected chi connectivity index (χ2v) is 9.15. The number of hydrogen-bond donors (Lipinski definition) is 1. The molecule has 2 N–H and O–H groups in total. The number of para-hydroxylation sites is 1. The molecule has 0 amide bonds. The van der Waals surface area contributed by atoms with Gasteiger partial charge in [-0.3, -0.25) is 4.79 Å². The van der Waals surface area contributed by atoms with E-state index in [4.69, 9.17) is 19.9 Å². The van der Waals surface area contributed by atoms with Crippen LogP contribution in [0.2, 0.25) is 0 Å². The fraction of sp³-hybridized carbons (Fsp3) is 0.429. The summed E-state index contributed by atoms with van der Waals surface area (Å²) in [5.74, 6) is 1.64. The summed E-state index contributed by atoms with van der Waals surface area (Å²) in [6.45, 7) is 2.22. The highest BCUT2D eigenvalue weighted by molar-refractivity contribution is 5.75. The first-order valence-electron chi connectivity index (χ1n) is 12.1. The predicted molar refractivity (Wildman–Crippen MR) is 129 cm³/mol. The summed E-state index contributed by atoms with van der Waals surface area (Å²) < 4.78 is 17.1. The van der Waals surface area contributed by atoms with Crippen molar-refractivity contribution in [2.45, 2.75) is 57.8 Å². The zero-order chi connectivity index (χ0) is 24.1. The maximum absolute atomic E-state index is 12.8. The summed E-state index contributed by atoms with van der Waals surface area (Å²) in [7, 11) is 1.60. The molecular formula is C28H32N2O4. The minimum Gasteiger partial charge on any atom is -0.496 e. The number of rotatable bonds is 7. The van der Waals surface area contributed by atoms with Crippen LogP contribution in [0, 0.1) is 23.2 Å². The van der Waals surface area contributed by atoms with Crippen LogP contribution in [0.3, 0.4) is 0 Å². The Morgan fingerprint density at radius 1 is 1.15 bits per heavy atom. The fourth-order valence-electron chi connectivity index (χ4n) is 5.10. The molecule has 0 aromatic heterocycles. The highest BCUT2D eigenvalue weighted by Crippen LogP contribution is 2.46. The van der Waals surface area contributed by atoms with Gasteiger partial charge in [0.05, 0.1) is 18.9 Å². The van der Waals surface area contributed by atoms with E-state index in [9.17, 15) is 10.1 Å². The van der Waals surface area contributed by atoms with Crippen LogP contribution in [0.15, 0.2) is 53.9 Å². The third-order valence-electron chi connectivity index (χ3n) is 7.00. The lowest BCUT2D eigenvalue weighted by molar-refractivity contribution is -0.140. The number of ether oxygens (including phenoxy) is 3. The molecule has 0 radical (unpaired) electrons. The summed E-state index contributed by atoms with van der Waals surface area (Å²) in [4.78, 5) is 12.8. The Balaban J connectivity index is 1.53. The van der Waals surface area contributed by atoms with Gasteiger partial charge < -0.3 is 19.9 Å². The van der Waals surface area contributed by atoms with Crippen molar-refractivity contribution in [2.75, 3.05) is 7.11 Å². The molecule has 0 spiro atoms. The van der Waals surface area contributed by atoms with Gasteiger partial charge in [-0.2, -0.15) is 5.26 Å². The highest BCUT2D eigenvalue weighted by atomic mass is 16.5. The average Bonchev–Trinajstić information content (AvgIpc) is 2.86. The van der Waals surface area contributed by atoms with E-state index < -0.39 is 5.92 Å². The largest absolute Gasteiger partial charge is 0.496 e. The Labute approximate surface area is 201 Å². The molecular weight excluding hydrogens is 428 g/mol. The number of carbonyl (C=O) groups is 1. The topological polar surface area (TPSA) is 94.6 Å². The number of unbranched alkanes of at least 4 members (excludes halogenated alkanes) is 1. The molecule has 1 saturated carbocycles. The van der Waals surface area contributed by atoms with E-state index >= 15 is 0 Å². The molecule has 2 aromatic rings. The van der Waals surface area contributed by atoms with Crippen LogP contribution < -0.4 is 19.9 Å². The second-order valence-electron chi connectivity index (χ2n) is 9.15. The number of hydrogen-bond acceptors (Lipinski definition) is 6. The first-order valence-corrected chi connectivity index (χ1v) is 12.1. The minimum atomic E-state index is -0.437. The van der Waals surface area contributed by atoms with Gasteiger partial charge in [-0.1, -0.05) is 50.5 Å². The molecule has 1 fully saturated rings. The molecule has 6 nitrogen and oxygen atoms in total. The summed E-state index contributed by atoms with van der Waals surface area (Å²) in [6.07, 6.45) is 7.68. The van der Waals surface area contributed by atoms with Gasteiger partial charge >= 0.3 is 5.97 Å². The van der Waals surface area contributed by atoms with Crippen LogP contribution >= 0.6 is 0 Å². The third kappa shape index (κ3) is 4.89. The molecule has 1 aliphatic carbocycles. The smallest absolute Gasteiger partial charge is 0.314 e. The van der Waals surface area contributed by atoms with Gasteiger partial charge in [-0.15, -0.1) is 0 Å². The Kier molecular flexibility index (Phi) is 7.42. The molecule has 1 atom stereocenters. The number of carbonyl (C=O) groups excluding carboxylic acids is 1. The summed E-state index contributed by atoms with van der Waals surface area (Å²) in [5, 5.41) is 9.79. The standard InChI is InChI=1S/C28H32N2O4/c1-3-4-7-18-10-12-19(13-11-18)28(31)33-20-14-15-22-25(16-20)34-27(30)23(17-29)26(22)21-8-5-6-9-24(21)32-2/h5-6,8-9,14-16,18-19,26H,3-4,7,10-13,30H2,1-2H3. The molecule has 6 heteroatoms. The molecule has 1 aliphatic heterocycles. The van der Waals surface area contributed by atoms with Crippen molar-refractivity contribution in [1.82, 2.24) is 0 Å². The zero-order valence-electron chi connectivity index (χ0n) is 19.9. The number of nitrogens with zero attached hydrogens (tertiary/aromatic N) is 1. The third-order valence-corrected chi connectivity index (χ3v) is 7.00. The monoisotopic (exact) mass is 460 g/mol. The quantitative estimate of drug-likeness (QED) is 0.413. The van der Waals surface area contributed by atoms with Gasteiger partial charge in [-0.25, -0.2) is 0 Å². The van der Waals surface area contributed by atoms with Crippen molar-refractivity contribution < 1.29 is 19.0 Å². The first-order chi connectivity index (χ1) is 16.5. The van der Waals surface area contributed by atoms with Crippen molar-refractivity contribution in [3.8, 4) is 23.3 Å². The minimum absolute atomic E-state index is 0.0415. The molecule has 4 rings (SSSR count). The summed E-state index contributed by atoms with van der Waals surface area (Å²) in [6, 6.07) is 15.0. The van der Waals surface area contributed by atoms with Crippen molar-refractivity contribution in [3.63, 3.8) is 0 Å². The van der Waals surface area contributed by atoms with Crippen molar-refractivity contribution >= 4 is 5.97 Å². The van der Waals surface area contributed by atoms with E-state index in [2.05, 4.69) is 13.0 Å². The molecule has 178 valence electrons. The average molecular weight is 461 g/mol. The van der Waals surface area contributed by atoms with Gasteiger partial charge in [0.2, 0.25) is 5.88 Å². The first kappa shape index (κ1) is 23.7. The molecule has 1 heterocycles. The van der Waals surface area contributed by atoms with E-state index in [1.54, 1.807) is 19.2 Å². The maximum atomic E-state index is 12.8. The van der Waals surface area contributed by atoms with E-state index in [-0.39, 0.29) is 17.8 Å². The van der Waals surface area contributed by atoms with Gasteiger partial charge in [-0.05, 0) is 43.7 Å². The maximum Gasteiger partial charge on any atom is 0.314 e. The second kappa shape index (κ2) is 10.6. The lowest BCUT2D eigenvalue weighted by Gasteiger charge is -2.28. The van der Waals surface area contributed by atoms with Crippen LogP contribution in [-0.2, 0) is 4.79 Å². The van der Waals surface area contributed by atoms with Crippen LogP contribution in [0.25, 0.3) is 0 Å². The normalized spacial score (nSPS) is 21.7. The van der Waals surface area contributed by atoms with Crippen LogP contribution in [0.4, 0.5) is 0 Å². The van der Waals surface area contributed by atoms with E-state index in [1.807, 2.05) is 30.3 Å². The molecule has 2 aliphatic rings. The van der Waals surface area contributed by atoms with Gasteiger partial charge in [0.25, 0.3) is 0 Å². The Bertz CT molecular complexity index is 1110. The van der Waals surface area contributed by atoms with Crippen molar-refractivity contribution in [2.24, 2.45) is 17.6 Å². The Morgan fingerprint density at radius 2 is 1.91 bits per heavy atom. The van der Waals surface area contributed by atoms with Crippen LogP contribution in [-0.4, -0.2) is 13.1 Å². The van der Waals surface area contributed by atoms with E-state index in [1.165, 1.54) is 19.3 Å². The zero-order valence-corrected chi connectivity index (χ0v) is 19.9. The number of esters is 1. The summed E-state index contributed by atoms with van der Waals surface area (Å²) in [5.41, 5.74) is 8.03. The molecule has 34 heavy (non-hydrogen) atoms. The van der Waals surface area contributed by atoms with Gasteiger partial charge in [0.1, 0.15) is 28.9 Å². The Morgan fingerprint density at radius 3 is 2.62 bits per heavy atom. The number of nitriles is 1. The summed E-state index contributed by atoms with van der Waals surface area (Å²) >= 11 is 0. The molecule has 0 saturated heterocycles. The number of methoxy groups -OCH3 is 1. The Hall–Kier alpha value is -3.46. The number of nitrogens with two attached hydrogens (primary N) is 1. The van der Waals surface area contributed by atoms with E-state index in [0.717, 1.165) is 42.7 Å². The highest BCUT2D eigenvalue weighted by Gasteiger charge is 2.33. The van der Waals surface area contributed by atoms with Crippen LogP contribution in [0.5, 0.6) is 17.2 Å². The van der Waals surface area contributed by atoms with Crippen molar-refractivity contribution in [3.05, 3.63) is 65.0 Å². The number of benzene rings is 2. The van der Waals surface area contributed by atoms with Crippen molar-refractivity contribution in [1.29, 1.82) is 5.26 Å².